The van der Waals surface area contributed by atoms with E-state index in [0.29, 0.717) is 22.5 Å². The Morgan fingerprint density at radius 2 is 1.81 bits per heavy atom. The minimum atomic E-state index is -0.714. The fourth-order valence-corrected chi connectivity index (χ4v) is 4.64. The molecule has 7 heteroatoms. The normalized spacial score (nSPS) is 12.0. The first kappa shape index (κ1) is 21.8. The minimum absolute atomic E-state index is 0.227. The van der Waals surface area contributed by atoms with Gasteiger partial charge in [-0.05, 0) is 57.5 Å². The summed E-state index contributed by atoms with van der Waals surface area (Å²) in [6.45, 7) is 8.20. The summed E-state index contributed by atoms with van der Waals surface area (Å²) in [5, 5.41) is 3.41. The Bertz CT molecular complexity index is 1320. The first-order valence-electron chi connectivity index (χ1n) is 10.5. The van der Waals surface area contributed by atoms with Gasteiger partial charge in [-0.15, -0.1) is 11.3 Å². The molecule has 2 heterocycles. The highest BCUT2D eigenvalue weighted by Gasteiger charge is 2.22. The Morgan fingerprint density at radius 1 is 1.12 bits per heavy atom. The van der Waals surface area contributed by atoms with Crippen LogP contribution in [0.15, 0.2) is 59.7 Å². The highest BCUT2D eigenvalue weighted by molar-refractivity contribution is 7.19. The van der Waals surface area contributed by atoms with Crippen molar-refractivity contribution in [1.82, 2.24) is 9.55 Å². The van der Waals surface area contributed by atoms with Gasteiger partial charge in [0.05, 0.1) is 18.3 Å². The number of carbonyl (C=O) groups excluding carboxylic acids is 1. The first-order valence-corrected chi connectivity index (χ1v) is 11.3. The largest absolute Gasteiger partial charge is 0.494 e. The van der Waals surface area contributed by atoms with Gasteiger partial charge < -0.3 is 10.1 Å². The summed E-state index contributed by atoms with van der Waals surface area (Å²) >= 11 is 1.48. The number of amides is 1. The van der Waals surface area contributed by atoms with Crippen molar-refractivity contribution < 1.29 is 9.53 Å². The number of rotatable bonds is 6. The lowest BCUT2D eigenvalue weighted by Gasteiger charge is -2.15. The average Bonchev–Trinajstić information content (AvgIpc) is 3.12. The van der Waals surface area contributed by atoms with Gasteiger partial charge in [0.25, 0.3) is 5.56 Å². The van der Waals surface area contributed by atoms with Gasteiger partial charge in [0.2, 0.25) is 5.91 Å². The van der Waals surface area contributed by atoms with E-state index in [-0.39, 0.29) is 11.5 Å². The highest BCUT2D eigenvalue weighted by atomic mass is 32.1. The highest BCUT2D eigenvalue weighted by Crippen LogP contribution is 2.36. The summed E-state index contributed by atoms with van der Waals surface area (Å²) in [7, 11) is 0. The van der Waals surface area contributed by atoms with Gasteiger partial charge in [-0.25, -0.2) is 4.98 Å². The number of fused-ring (bicyclic) bond motifs is 1. The number of ether oxygens (including phenoxy) is 1. The zero-order valence-corrected chi connectivity index (χ0v) is 19.3. The average molecular weight is 448 g/mol. The SMILES string of the molecule is CCOc1ccc(-c2c(C)sc3ncn(C(C)C(=O)Nc4ccc(C)cc4)c(=O)c23)cc1. The van der Waals surface area contributed by atoms with E-state index in [1.165, 1.54) is 22.2 Å². The quantitative estimate of drug-likeness (QED) is 0.433. The molecule has 2 aromatic carbocycles. The Kier molecular flexibility index (Phi) is 6.10. The number of anilines is 1. The van der Waals surface area contributed by atoms with Crippen molar-refractivity contribution >= 4 is 33.1 Å². The molecule has 2 aromatic heterocycles. The molecule has 0 aliphatic heterocycles. The fourth-order valence-electron chi connectivity index (χ4n) is 3.63. The molecule has 1 amide bonds. The number of aryl methyl sites for hydroxylation is 2. The van der Waals surface area contributed by atoms with Crippen molar-refractivity contribution in [3.63, 3.8) is 0 Å². The molecule has 1 atom stereocenters. The lowest BCUT2D eigenvalue weighted by molar-refractivity contribution is -0.118. The third-order valence-electron chi connectivity index (χ3n) is 5.38. The molecule has 1 N–H and O–H groups in total. The van der Waals surface area contributed by atoms with Crippen molar-refractivity contribution in [2.24, 2.45) is 0 Å². The molecule has 0 aliphatic rings. The van der Waals surface area contributed by atoms with Gasteiger partial charge in [0.15, 0.2) is 0 Å². The van der Waals surface area contributed by atoms with Gasteiger partial charge in [-0.2, -0.15) is 0 Å². The summed E-state index contributed by atoms with van der Waals surface area (Å²) < 4.78 is 6.93. The van der Waals surface area contributed by atoms with E-state index < -0.39 is 6.04 Å². The van der Waals surface area contributed by atoms with Gasteiger partial charge >= 0.3 is 0 Å². The van der Waals surface area contributed by atoms with Crippen LogP contribution in [0.1, 0.15) is 30.3 Å². The third-order valence-corrected chi connectivity index (χ3v) is 6.40. The second-order valence-corrected chi connectivity index (χ2v) is 8.86. The van der Waals surface area contributed by atoms with Crippen LogP contribution in [0.4, 0.5) is 5.69 Å². The van der Waals surface area contributed by atoms with Crippen LogP contribution in [0, 0.1) is 13.8 Å². The Labute approximate surface area is 190 Å². The predicted octanol–water partition coefficient (Wildman–Crippen LogP) is 5.34. The molecule has 1 unspecified atom stereocenters. The molecule has 0 fully saturated rings. The predicted molar refractivity (Wildman–Crippen MR) is 130 cm³/mol. The van der Waals surface area contributed by atoms with E-state index in [2.05, 4.69) is 10.3 Å². The molecule has 0 saturated heterocycles. The van der Waals surface area contributed by atoms with Crippen molar-refractivity contribution in [1.29, 1.82) is 0 Å². The summed E-state index contributed by atoms with van der Waals surface area (Å²) in [4.78, 5) is 32.5. The number of hydrogen-bond donors (Lipinski definition) is 1. The number of aromatic nitrogens is 2. The number of nitrogens with one attached hydrogen (secondary N) is 1. The number of nitrogens with zero attached hydrogens (tertiary/aromatic N) is 2. The van der Waals surface area contributed by atoms with Crippen molar-refractivity contribution in [3.8, 4) is 16.9 Å². The lowest BCUT2D eigenvalue weighted by atomic mass is 10.0. The van der Waals surface area contributed by atoms with Crippen LogP contribution in [-0.2, 0) is 4.79 Å². The summed E-state index contributed by atoms with van der Waals surface area (Å²) in [5.41, 5.74) is 3.35. The van der Waals surface area contributed by atoms with E-state index in [1.807, 2.05) is 69.3 Å². The molecule has 6 nitrogen and oxygen atoms in total. The standard InChI is InChI=1S/C25H25N3O3S/c1-5-31-20-12-8-18(9-13-20)21-17(4)32-24-22(21)25(30)28(14-26-24)16(3)23(29)27-19-10-6-15(2)7-11-19/h6-14,16H,5H2,1-4H3,(H,27,29). The van der Waals surface area contributed by atoms with E-state index >= 15 is 0 Å². The smallest absolute Gasteiger partial charge is 0.263 e. The Balaban J connectivity index is 1.71. The zero-order chi connectivity index (χ0) is 22.8. The monoisotopic (exact) mass is 447 g/mol. The van der Waals surface area contributed by atoms with Crippen LogP contribution < -0.4 is 15.6 Å². The molecule has 0 bridgehead atoms. The van der Waals surface area contributed by atoms with Gasteiger partial charge in [0.1, 0.15) is 16.6 Å². The van der Waals surface area contributed by atoms with Crippen molar-refractivity contribution in [2.75, 3.05) is 11.9 Å². The molecule has 0 saturated carbocycles. The third kappa shape index (κ3) is 4.16. The molecule has 164 valence electrons. The van der Waals surface area contributed by atoms with Crippen molar-refractivity contribution in [2.45, 2.75) is 33.7 Å². The van der Waals surface area contributed by atoms with Crippen LogP contribution in [0.5, 0.6) is 5.75 Å². The minimum Gasteiger partial charge on any atom is -0.494 e. The maximum absolute atomic E-state index is 13.5. The van der Waals surface area contributed by atoms with Gasteiger partial charge in [-0.3, -0.25) is 14.2 Å². The molecule has 4 rings (SSSR count). The topological polar surface area (TPSA) is 73.2 Å². The second-order valence-electron chi connectivity index (χ2n) is 7.66. The fraction of sp³-hybridized carbons (Fsp3) is 0.240. The number of thiophene rings is 1. The number of carbonyl (C=O) groups is 1. The Morgan fingerprint density at radius 3 is 2.47 bits per heavy atom. The van der Waals surface area contributed by atoms with Gasteiger partial charge in [-0.1, -0.05) is 29.8 Å². The summed E-state index contributed by atoms with van der Waals surface area (Å²) in [6.07, 6.45) is 1.46. The van der Waals surface area contributed by atoms with E-state index in [0.717, 1.165) is 27.3 Å². The maximum atomic E-state index is 13.5. The van der Waals surface area contributed by atoms with E-state index in [9.17, 15) is 9.59 Å². The molecule has 4 aromatic rings. The molecule has 32 heavy (non-hydrogen) atoms. The first-order chi connectivity index (χ1) is 15.4. The number of hydrogen-bond acceptors (Lipinski definition) is 5. The Hall–Kier alpha value is -3.45. The van der Waals surface area contributed by atoms with Crippen LogP contribution in [0.2, 0.25) is 0 Å². The molecule has 0 spiro atoms. The molecule has 0 radical (unpaired) electrons. The van der Waals surface area contributed by atoms with E-state index in [4.69, 9.17) is 4.74 Å². The van der Waals surface area contributed by atoms with Crippen LogP contribution in [0.25, 0.3) is 21.3 Å². The molecular weight excluding hydrogens is 422 g/mol. The van der Waals surface area contributed by atoms with Crippen molar-refractivity contribution in [3.05, 3.63) is 75.7 Å². The lowest BCUT2D eigenvalue weighted by Crippen LogP contribution is -2.31. The summed E-state index contributed by atoms with van der Waals surface area (Å²) in [6, 6.07) is 14.5. The number of benzene rings is 2. The van der Waals surface area contributed by atoms with E-state index in [1.54, 1.807) is 6.92 Å². The summed E-state index contributed by atoms with van der Waals surface area (Å²) in [5.74, 6) is 0.511. The maximum Gasteiger partial charge on any atom is 0.263 e. The molecule has 0 aliphatic carbocycles. The van der Waals surface area contributed by atoms with Crippen LogP contribution in [-0.4, -0.2) is 22.1 Å². The zero-order valence-electron chi connectivity index (χ0n) is 18.5. The van der Waals surface area contributed by atoms with Crippen LogP contribution in [0.3, 0.4) is 0 Å². The van der Waals surface area contributed by atoms with Gasteiger partial charge in [0, 0.05) is 16.1 Å². The van der Waals surface area contributed by atoms with Crippen LogP contribution >= 0.6 is 11.3 Å². The second kappa shape index (κ2) is 8.96. The molecular formula is C25H25N3O3S.